The highest BCUT2D eigenvalue weighted by Crippen LogP contribution is 2.38. The third kappa shape index (κ3) is 26.0. The lowest BCUT2D eigenvalue weighted by atomic mass is 10.0. The first-order valence-electron chi connectivity index (χ1n) is 15.9. The zero-order chi connectivity index (χ0) is 29.4. The first-order valence-corrected chi connectivity index (χ1v) is 17.3. The highest BCUT2D eigenvalue weighted by molar-refractivity contribution is 7.45. The van der Waals surface area contributed by atoms with Gasteiger partial charge in [-0.3, -0.25) is 4.57 Å². The molecule has 0 N–H and O–H groups in total. The van der Waals surface area contributed by atoms with E-state index in [0.717, 1.165) is 19.4 Å². The molecule has 0 fully saturated rings. The van der Waals surface area contributed by atoms with Gasteiger partial charge >= 0.3 is 6.03 Å². The van der Waals surface area contributed by atoms with Crippen molar-refractivity contribution >= 4 is 13.9 Å². The van der Waals surface area contributed by atoms with E-state index in [1.165, 1.54) is 89.9 Å². The van der Waals surface area contributed by atoms with Crippen LogP contribution in [0.15, 0.2) is 0 Å². The number of rotatable bonds is 27. The van der Waals surface area contributed by atoms with Gasteiger partial charge in [-0.05, 0) is 19.3 Å². The van der Waals surface area contributed by atoms with Crippen LogP contribution in [-0.2, 0) is 13.6 Å². The molecule has 0 radical (unpaired) electrons. The molecule has 9 heteroatoms. The lowest BCUT2D eigenvalue weighted by Gasteiger charge is -2.28. The Labute approximate surface area is 242 Å². The van der Waals surface area contributed by atoms with E-state index in [4.69, 9.17) is 9.05 Å². The van der Waals surface area contributed by atoms with Crippen molar-refractivity contribution in [3.63, 3.8) is 0 Å². The zero-order valence-electron chi connectivity index (χ0n) is 26.6. The summed E-state index contributed by atoms with van der Waals surface area (Å²) in [5.41, 5.74) is 0. The maximum absolute atomic E-state index is 12.6. The Morgan fingerprint density at radius 2 is 1.05 bits per heavy atom. The second-order valence-electron chi connectivity index (χ2n) is 12.3. The van der Waals surface area contributed by atoms with Crippen molar-refractivity contribution in [1.29, 1.82) is 0 Å². The summed E-state index contributed by atoms with van der Waals surface area (Å²) in [4.78, 5) is 27.9. The van der Waals surface area contributed by atoms with E-state index in [1.807, 2.05) is 26.0 Å². The molecule has 1 atom stereocenters. The van der Waals surface area contributed by atoms with E-state index >= 15 is 0 Å². The molecular formula is C30H64N3O5P. The van der Waals surface area contributed by atoms with E-state index in [0.29, 0.717) is 30.4 Å². The number of nitrogens with zero attached hydrogens (tertiary/aromatic N) is 3. The number of phosphoric acid groups is 1. The van der Waals surface area contributed by atoms with Crippen molar-refractivity contribution in [3.8, 4) is 0 Å². The summed E-state index contributed by atoms with van der Waals surface area (Å²) in [6, 6.07) is 0.00927. The third-order valence-corrected chi connectivity index (χ3v) is 8.02. The van der Waals surface area contributed by atoms with Gasteiger partial charge in [0, 0.05) is 27.2 Å². The third-order valence-electron chi connectivity index (χ3n) is 7.02. The first-order chi connectivity index (χ1) is 18.5. The Balaban J connectivity index is 3.86. The predicted octanol–water partition coefficient (Wildman–Crippen LogP) is 7.22. The van der Waals surface area contributed by atoms with Crippen LogP contribution in [0, 0.1) is 0 Å². The van der Waals surface area contributed by atoms with Gasteiger partial charge in [-0.15, -0.1) is 0 Å². The molecule has 0 saturated carbocycles. The highest BCUT2D eigenvalue weighted by Gasteiger charge is 2.16. The average molecular weight is 578 g/mol. The largest absolute Gasteiger partial charge is 0.756 e. The predicted molar refractivity (Wildman–Crippen MR) is 162 cm³/mol. The summed E-state index contributed by atoms with van der Waals surface area (Å²) < 4.78 is 22.4. The quantitative estimate of drug-likeness (QED) is 0.0585. The van der Waals surface area contributed by atoms with Gasteiger partial charge in [0.1, 0.15) is 13.2 Å². The molecule has 39 heavy (non-hydrogen) atoms. The lowest BCUT2D eigenvalue weighted by molar-refractivity contribution is -0.870. The molecule has 0 saturated heterocycles. The van der Waals surface area contributed by atoms with Crippen LogP contribution in [0.5, 0.6) is 0 Å². The molecule has 0 rings (SSSR count). The Bertz CT molecular complexity index is 628. The van der Waals surface area contributed by atoms with Crippen LogP contribution >= 0.6 is 7.82 Å². The Hall–Kier alpha value is -0.660. The van der Waals surface area contributed by atoms with Gasteiger partial charge in [-0.1, -0.05) is 103 Å². The fraction of sp³-hybridized carbons (Fsp3) is 0.967. The van der Waals surface area contributed by atoms with Crippen LogP contribution in [-0.4, -0.2) is 88.4 Å². The molecule has 0 aromatic heterocycles. The molecule has 0 bridgehead atoms. The second kappa shape index (κ2) is 24.0. The minimum Gasteiger partial charge on any atom is -0.756 e. The normalized spacial score (nSPS) is 13.4. The molecule has 0 aliphatic carbocycles. The lowest BCUT2D eigenvalue weighted by Crippen LogP contribution is -2.40. The number of carbonyl (C=O) groups excluding carboxylic acids is 1. The Morgan fingerprint density at radius 1 is 0.667 bits per heavy atom. The molecule has 8 nitrogen and oxygen atoms in total. The molecule has 0 spiro atoms. The number of carbonyl (C=O) groups is 1. The fourth-order valence-corrected chi connectivity index (χ4v) is 5.21. The summed E-state index contributed by atoms with van der Waals surface area (Å²) in [7, 11) is 5.19. The zero-order valence-corrected chi connectivity index (χ0v) is 27.5. The molecule has 1 unspecified atom stereocenters. The van der Waals surface area contributed by atoms with E-state index in [9.17, 15) is 14.3 Å². The Kier molecular flexibility index (Phi) is 23.6. The minimum atomic E-state index is -4.27. The molecule has 234 valence electrons. The molecule has 0 heterocycles. The summed E-state index contributed by atoms with van der Waals surface area (Å²) in [5.74, 6) is 0. The van der Waals surface area contributed by atoms with E-state index in [2.05, 4.69) is 6.92 Å². The molecular weight excluding hydrogens is 513 g/mol. The van der Waals surface area contributed by atoms with Gasteiger partial charge in [0.2, 0.25) is 0 Å². The molecule has 0 aromatic carbocycles. The SMILES string of the molecule is CCCCCCCCCCCCCCCCCCN(CCCCOP(=O)([O-])OCC[N+](C)(C)C)C(=O)N(C)C. The van der Waals surface area contributed by atoms with E-state index in [1.54, 1.807) is 19.0 Å². The smallest absolute Gasteiger partial charge is 0.319 e. The van der Waals surface area contributed by atoms with Crippen LogP contribution in [0.2, 0.25) is 0 Å². The van der Waals surface area contributed by atoms with Gasteiger partial charge in [0.25, 0.3) is 7.82 Å². The van der Waals surface area contributed by atoms with Gasteiger partial charge < -0.3 is 28.2 Å². The second-order valence-corrected chi connectivity index (χ2v) is 13.7. The highest BCUT2D eigenvalue weighted by atomic mass is 31.2. The van der Waals surface area contributed by atoms with Crippen molar-refractivity contribution < 1.29 is 27.8 Å². The monoisotopic (exact) mass is 577 g/mol. The van der Waals surface area contributed by atoms with Crippen molar-refractivity contribution in [2.75, 3.05) is 68.1 Å². The number of phosphoric ester groups is 1. The molecule has 0 aliphatic heterocycles. The van der Waals surface area contributed by atoms with Crippen molar-refractivity contribution in [1.82, 2.24) is 9.80 Å². The number of amides is 2. The molecule has 0 aliphatic rings. The van der Waals surface area contributed by atoms with Crippen molar-refractivity contribution in [3.05, 3.63) is 0 Å². The molecule has 0 aromatic rings. The average Bonchev–Trinajstić information content (AvgIpc) is 2.85. The van der Waals surface area contributed by atoms with Gasteiger partial charge in [-0.2, -0.15) is 0 Å². The maximum atomic E-state index is 12.6. The van der Waals surface area contributed by atoms with Gasteiger partial charge in [0.15, 0.2) is 0 Å². The minimum absolute atomic E-state index is 0.00927. The van der Waals surface area contributed by atoms with Crippen LogP contribution < -0.4 is 4.89 Å². The van der Waals surface area contributed by atoms with Gasteiger partial charge in [0.05, 0.1) is 27.7 Å². The number of hydrogen-bond acceptors (Lipinski definition) is 5. The summed E-state index contributed by atoms with van der Waals surface area (Å²) in [5, 5.41) is 0. The van der Waals surface area contributed by atoms with E-state index in [-0.39, 0.29) is 19.2 Å². The topological polar surface area (TPSA) is 82.1 Å². The van der Waals surface area contributed by atoms with Crippen LogP contribution in [0.3, 0.4) is 0 Å². The van der Waals surface area contributed by atoms with Crippen molar-refractivity contribution in [2.24, 2.45) is 0 Å². The standard InChI is InChI=1S/C30H64N3O5P/c1-7-8-9-10-11-12-13-14-15-16-17-18-19-20-21-22-25-32(30(34)31(2)3)26-23-24-28-37-39(35,36)38-29-27-33(4,5)6/h7-29H2,1-6H3. The number of unbranched alkanes of at least 4 members (excludes halogenated alkanes) is 16. The summed E-state index contributed by atoms with van der Waals surface area (Å²) in [6.07, 6.45) is 22.5. The number of urea groups is 1. The summed E-state index contributed by atoms with van der Waals surface area (Å²) in [6.45, 7) is 4.38. The number of likely N-dealkylation sites (N-methyl/N-ethyl adjacent to an activating group) is 1. The Morgan fingerprint density at radius 3 is 1.46 bits per heavy atom. The number of quaternary nitrogens is 1. The number of hydrogen-bond donors (Lipinski definition) is 0. The van der Waals surface area contributed by atoms with Gasteiger partial charge in [-0.25, -0.2) is 4.79 Å². The van der Waals surface area contributed by atoms with Crippen LogP contribution in [0.4, 0.5) is 4.79 Å². The van der Waals surface area contributed by atoms with Crippen LogP contribution in [0.25, 0.3) is 0 Å². The van der Waals surface area contributed by atoms with Crippen molar-refractivity contribution in [2.45, 2.75) is 122 Å². The molecule has 2 amide bonds. The fourth-order valence-electron chi connectivity index (χ4n) is 4.48. The van der Waals surface area contributed by atoms with E-state index < -0.39 is 7.82 Å². The first kappa shape index (κ1) is 38.3. The summed E-state index contributed by atoms with van der Waals surface area (Å²) >= 11 is 0. The van der Waals surface area contributed by atoms with Crippen LogP contribution in [0.1, 0.15) is 122 Å². The maximum Gasteiger partial charge on any atom is 0.319 e.